The minimum absolute atomic E-state index is 0.0523. The summed E-state index contributed by atoms with van der Waals surface area (Å²) in [4.78, 5) is 15.8. The van der Waals surface area contributed by atoms with E-state index in [9.17, 15) is 9.90 Å². The lowest BCUT2D eigenvalue weighted by Gasteiger charge is -2.37. The molecule has 1 aromatic heterocycles. The number of carbonyl (C=O) groups is 1. The Kier molecular flexibility index (Phi) is 4.59. The van der Waals surface area contributed by atoms with E-state index in [0.29, 0.717) is 16.8 Å². The quantitative estimate of drug-likeness (QED) is 0.609. The average Bonchev–Trinajstić information content (AvgIpc) is 2.43. The second-order valence-corrected chi connectivity index (χ2v) is 12.3. The van der Waals surface area contributed by atoms with Crippen LogP contribution in [0.3, 0.4) is 0 Å². The van der Waals surface area contributed by atoms with Gasteiger partial charge in [-0.15, -0.1) is 0 Å². The molecular formula is C19H25NO3Si. The maximum absolute atomic E-state index is 11.4. The lowest BCUT2D eigenvalue weighted by Crippen LogP contribution is -2.40. The number of rotatable bonds is 4. The third-order valence-corrected chi connectivity index (χ3v) is 9.09. The van der Waals surface area contributed by atoms with Crippen LogP contribution in [0.2, 0.25) is 18.1 Å². The normalized spacial score (nSPS) is 12.2. The second kappa shape index (κ2) is 6.05. The highest BCUT2D eigenvalue weighted by Crippen LogP contribution is 2.39. The summed E-state index contributed by atoms with van der Waals surface area (Å²) in [5.74, 6) is -0.472. The summed E-state index contributed by atoms with van der Waals surface area (Å²) >= 11 is 0. The van der Waals surface area contributed by atoms with E-state index in [0.717, 1.165) is 10.9 Å². The number of para-hydroxylation sites is 1. The summed E-state index contributed by atoms with van der Waals surface area (Å²) in [5.41, 5.74) is 2.07. The van der Waals surface area contributed by atoms with Gasteiger partial charge in [0, 0.05) is 10.9 Å². The molecule has 5 heteroatoms. The summed E-state index contributed by atoms with van der Waals surface area (Å²) < 4.78 is 6.28. The molecule has 0 spiro atoms. The van der Waals surface area contributed by atoms with Crippen LogP contribution in [0.15, 0.2) is 30.8 Å². The number of aromatic carboxylic acids is 1. The van der Waals surface area contributed by atoms with Crippen molar-refractivity contribution >= 4 is 30.9 Å². The average molecular weight is 343 g/mol. The highest BCUT2D eigenvalue weighted by molar-refractivity contribution is 6.74. The van der Waals surface area contributed by atoms with Crippen LogP contribution in [0.1, 0.15) is 42.4 Å². The fourth-order valence-electron chi connectivity index (χ4n) is 2.26. The van der Waals surface area contributed by atoms with Crippen molar-refractivity contribution in [3.8, 4) is 0 Å². The zero-order valence-corrected chi connectivity index (χ0v) is 16.2. The number of hydrogen-bond acceptors (Lipinski definition) is 3. The first kappa shape index (κ1) is 18.2. The Labute approximate surface area is 144 Å². The molecule has 1 heterocycles. The molecule has 0 radical (unpaired) electrons. The van der Waals surface area contributed by atoms with Gasteiger partial charge in [0.15, 0.2) is 5.69 Å². The molecule has 0 bridgehead atoms. The van der Waals surface area contributed by atoms with Crippen LogP contribution in [-0.2, 0) is 4.43 Å². The van der Waals surface area contributed by atoms with Crippen LogP contribution < -0.4 is 0 Å². The summed E-state index contributed by atoms with van der Waals surface area (Å²) in [6, 6.07) is 7.56. The molecule has 0 aliphatic carbocycles. The van der Waals surface area contributed by atoms with E-state index < -0.39 is 14.3 Å². The van der Waals surface area contributed by atoms with Gasteiger partial charge in [0.2, 0.25) is 8.32 Å². The van der Waals surface area contributed by atoms with Gasteiger partial charge in [0.05, 0.1) is 5.52 Å². The van der Waals surface area contributed by atoms with Crippen molar-refractivity contribution in [1.29, 1.82) is 0 Å². The van der Waals surface area contributed by atoms with Crippen molar-refractivity contribution in [1.82, 2.24) is 4.98 Å². The maximum Gasteiger partial charge on any atom is 0.354 e. The molecule has 0 saturated heterocycles. The summed E-state index contributed by atoms with van der Waals surface area (Å²) in [6.07, 6.45) is 0. The first-order valence-corrected chi connectivity index (χ1v) is 10.9. The zero-order chi connectivity index (χ0) is 18.3. The molecule has 4 nitrogen and oxygen atoms in total. The number of pyridine rings is 1. The predicted molar refractivity (Wildman–Crippen MR) is 101 cm³/mol. The third kappa shape index (κ3) is 3.36. The number of carboxylic acid groups (broad SMARTS) is 1. The Hall–Kier alpha value is -2.14. The minimum atomic E-state index is -2.03. The van der Waals surface area contributed by atoms with Crippen molar-refractivity contribution in [3.63, 3.8) is 0 Å². The monoisotopic (exact) mass is 343 g/mol. The molecule has 0 amide bonds. The van der Waals surface area contributed by atoms with Gasteiger partial charge in [0.1, 0.15) is 5.76 Å². The highest BCUT2D eigenvalue weighted by atomic mass is 28.4. The molecule has 0 unspecified atom stereocenters. The fourth-order valence-corrected chi connectivity index (χ4v) is 3.29. The number of nitrogens with zero attached hydrogens (tertiary/aromatic N) is 1. The van der Waals surface area contributed by atoms with E-state index in [1.165, 1.54) is 0 Å². The molecule has 2 aromatic rings. The number of hydrogen-bond donors (Lipinski definition) is 1. The largest absolute Gasteiger partial charge is 0.543 e. The van der Waals surface area contributed by atoms with Gasteiger partial charge in [-0.3, -0.25) is 0 Å². The first-order valence-electron chi connectivity index (χ1n) is 7.96. The van der Waals surface area contributed by atoms with E-state index in [4.69, 9.17) is 4.43 Å². The maximum atomic E-state index is 11.4. The number of benzene rings is 1. The molecule has 0 aliphatic heterocycles. The van der Waals surface area contributed by atoms with E-state index in [2.05, 4.69) is 45.4 Å². The summed E-state index contributed by atoms with van der Waals surface area (Å²) in [7, 11) is -2.03. The number of carboxylic acids is 1. The molecule has 0 fully saturated rings. The standard InChI is InChI=1S/C19H25NO3Si/c1-12-11-14-9-8-10-15(17(14)20-16(12)18(21)22)13(2)23-24(6,7)19(3,4)5/h8-11H,2H2,1,3-7H3,(H,21,22). The molecule has 1 N–H and O–H groups in total. The number of fused-ring (bicyclic) bond motifs is 1. The van der Waals surface area contributed by atoms with Crippen LogP contribution in [0, 0.1) is 6.92 Å². The SMILES string of the molecule is C=C(O[Si](C)(C)C(C)(C)C)c1cccc2cc(C)c(C(=O)O)nc12. The third-order valence-electron chi connectivity index (χ3n) is 4.72. The van der Waals surface area contributed by atoms with Gasteiger partial charge in [-0.2, -0.15) is 0 Å². The fraction of sp³-hybridized carbons (Fsp3) is 0.368. The van der Waals surface area contributed by atoms with Crippen molar-refractivity contribution < 1.29 is 14.3 Å². The molecule has 24 heavy (non-hydrogen) atoms. The highest BCUT2D eigenvalue weighted by Gasteiger charge is 2.39. The number of aromatic nitrogens is 1. The Bertz CT molecular complexity index is 819. The second-order valence-electron chi connectivity index (χ2n) is 7.62. The van der Waals surface area contributed by atoms with Gasteiger partial charge in [-0.1, -0.05) is 39.5 Å². The van der Waals surface area contributed by atoms with Gasteiger partial charge in [-0.25, -0.2) is 9.78 Å². The van der Waals surface area contributed by atoms with Crippen molar-refractivity contribution in [2.45, 2.75) is 45.8 Å². The van der Waals surface area contributed by atoms with Gasteiger partial charge < -0.3 is 9.53 Å². The summed E-state index contributed by atoms with van der Waals surface area (Å²) in [6.45, 7) is 16.7. The molecule has 1 aromatic carbocycles. The molecule has 0 atom stereocenters. The van der Waals surface area contributed by atoms with E-state index in [-0.39, 0.29) is 10.7 Å². The minimum Gasteiger partial charge on any atom is -0.543 e. The van der Waals surface area contributed by atoms with Gasteiger partial charge in [-0.05, 0) is 42.8 Å². The van der Waals surface area contributed by atoms with Crippen LogP contribution in [0.5, 0.6) is 0 Å². The Morgan fingerprint density at radius 1 is 1.29 bits per heavy atom. The molecule has 0 aliphatic rings. The van der Waals surface area contributed by atoms with Crippen molar-refractivity contribution in [2.24, 2.45) is 0 Å². The zero-order valence-electron chi connectivity index (χ0n) is 15.2. The number of aryl methyl sites for hydroxylation is 1. The van der Waals surface area contributed by atoms with Crippen LogP contribution in [-0.4, -0.2) is 24.4 Å². The molecular weight excluding hydrogens is 318 g/mol. The Morgan fingerprint density at radius 2 is 1.92 bits per heavy atom. The predicted octanol–water partition coefficient (Wildman–Crippen LogP) is 5.23. The Morgan fingerprint density at radius 3 is 2.46 bits per heavy atom. The topological polar surface area (TPSA) is 59.4 Å². The van der Waals surface area contributed by atoms with Crippen molar-refractivity contribution in [2.75, 3.05) is 0 Å². The first-order chi connectivity index (χ1) is 10.9. The van der Waals surface area contributed by atoms with Crippen molar-refractivity contribution in [3.05, 3.63) is 47.7 Å². The van der Waals surface area contributed by atoms with Crippen LogP contribution in [0.25, 0.3) is 16.7 Å². The van der Waals surface area contributed by atoms with E-state index >= 15 is 0 Å². The van der Waals surface area contributed by atoms with E-state index in [1.807, 2.05) is 24.3 Å². The van der Waals surface area contributed by atoms with Crippen LogP contribution >= 0.6 is 0 Å². The molecule has 2 rings (SSSR count). The lowest BCUT2D eigenvalue weighted by atomic mass is 10.1. The summed E-state index contributed by atoms with van der Waals surface area (Å²) in [5, 5.41) is 10.3. The van der Waals surface area contributed by atoms with E-state index in [1.54, 1.807) is 6.92 Å². The van der Waals surface area contributed by atoms with Gasteiger partial charge in [0.25, 0.3) is 0 Å². The molecule has 0 saturated carbocycles. The molecule has 128 valence electrons. The van der Waals surface area contributed by atoms with Crippen LogP contribution in [0.4, 0.5) is 0 Å². The smallest absolute Gasteiger partial charge is 0.354 e. The van der Waals surface area contributed by atoms with Gasteiger partial charge >= 0.3 is 5.97 Å². The Balaban J connectivity index is 2.55. The lowest BCUT2D eigenvalue weighted by molar-refractivity contribution is 0.0690.